The molecule has 0 spiro atoms. The summed E-state index contributed by atoms with van der Waals surface area (Å²) in [6, 6.07) is 22.9. The van der Waals surface area contributed by atoms with Crippen molar-refractivity contribution in [3.05, 3.63) is 89.2 Å². The van der Waals surface area contributed by atoms with E-state index in [0.717, 1.165) is 41.3 Å². The van der Waals surface area contributed by atoms with Crippen LogP contribution in [-0.2, 0) is 13.2 Å². The first-order valence-corrected chi connectivity index (χ1v) is 11.4. The molecular formula is C28H32N2O2. The molecule has 0 fully saturated rings. The SMILES string of the molecule is Cc1ccc(OCCCn2c(COc3ccc(C(C)C)cc3)nc3ccccc32)c(C)c1. The summed E-state index contributed by atoms with van der Waals surface area (Å²) in [4.78, 5) is 4.83. The highest BCUT2D eigenvalue weighted by Gasteiger charge is 2.11. The molecule has 0 aliphatic heterocycles. The summed E-state index contributed by atoms with van der Waals surface area (Å²) < 4.78 is 14.4. The van der Waals surface area contributed by atoms with Crippen molar-refractivity contribution in [1.29, 1.82) is 0 Å². The molecule has 0 amide bonds. The normalized spacial score (nSPS) is 11.3. The summed E-state index contributed by atoms with van der Waals surface area (Å²) in [6.45, 7) is 10.5. The highest BCUT2D eigenvalue weighted by molar-refractivity contribution is 5.75. The van der Waals surface area contributed by atoms with Gasteiger partial charge in [-0.15, -0.1) is 0 Å². The van der Waals surface area contributed by atoms with Crippen LogP contribution in [0.5, 0.6) is 11.5 Å². The number of imidazole rings is 1. The van der Waals surface area contributed by atoms with Crippen molar-refractivity contribution in [2.45, 2.75) is 53.2 Å². The number of aryl methyl sites for hydroxylation is 3. The van der Waals surface area contributed by atoms with Crippen LogP contribution in [0, 0.1) is 13.8 Å². The summed E-state index contributed by atoms with van der Waals surface area (Å²) in [6.07, 6.45) is 0.893. The van der Waals surface area contributed by atoms with Gasteiger partial charge in [0.2, 0.25) is 0 Å². The quantitative estimate of drug-likeness (QED) is 0.274. The van der Waals surface area contributed by atoms with Gasteiger partial charge in [-0.3, -0.25) is 0 Å². The zero-order valence-electron chi connectivity index (χ0n) is 19.5. The van der Waals surface area contributed by atoms with Gasteiger partial charge in [-0.25, -0.2) is 4.98 Å². The molecule has 0 bridgehead atoms. The first kappa shape index (κ1) is 21.9. The number of aromatic nitrogens is 2. The van der Waals surface area contributed by atoms with E-state index in [2.05, 4.69) is 80.8 Å². The topological polar surface area (TPSA) is 36.3 Å². The monoisotopic (exact) mass is 428 g/mol. The number of nitrogens with zero attached hydrogens (tertiary/aromatic N) is 2. The molecule has 0 atom stereocenters. The molecular weight excluding hydrogens is 396 g/mol. The lowest BCUT2D eigenvalue weighted by molar-refractivity contribution is 0.279. The van der Waals surface area contributed by atoms with Gasteiger partial charge in [-0.2, -0.15) is 0 Å². The first-order chi connectivity index (χ1) is 15.5. The van der Waals surface area contributed by atoms with Gasteiger partial charge in [0, 0.05) is 6.54 Å². The number of fused-ring (bicyclic) bond motifs is 1. The van der Waals surface area contributed by atoms with Crippen LogP contribution in [0.4, 0.5) is 0 Å². The maximum absolute atomic E-state index is 6.08. The third kappa shape index (κ3) is 5.13. The summed E-state index contributed by atoms with van der Waals surface area (Å²) in [5.74, 6) is 3.27. The zero-order chi connectivity index (χ0) is 22.5. The predicted octanol–water partition coefficient (Wildman–Crippen LogP) is 6.82. The lowest BCUT2D eigenvalue weighted by atomic mass is 10.0. The highest BCUT2D eigenvalue weighted by atomic mass is 16.5. The molecule has 1 heterocycles. The smallest absolute Gasteiger partial charge is 0.147 e. The van der Waals surface area contributed by atoms with Crippen molar-refractivity contribution in [2.75, 3.05) is 6.61 Å². The summed E-state index contributed by atoms with van der Waals surface area (Å²) in [5, 5.41) is 0. The summed E-state index contributed by atoms with van der Waals surface area (Å²) in [5.41, 5.74) is 5.87. The van der Waals surface area contributed by atoms with Crippen LogP contribution < -0.4 is 9.47 Å². The Hall–Kier alpha value is -3.27. The van der Waals surface area contributed by atoms with E-state index in [1.54, 1.807) is 0 Å². The van der Waals surface area contributed by atoms with Crippen molar-refractivity contribution in [1.82, 2.24) is 9.55 Å². The van der Waals surface area contributed by atoms with E-state index in [1.807, 2.05) is 18.2 Å². The molecule has 0 saturated carbocycles. The van der Waals surface area contributed by atoms with Crippen molar-refractivity contribution in [3.63, 3.8) is 0 Å². The van der Waals surface area contributed by atoms with Crippen LogP contribution in [0.3, 0.4) is 0 Å². The Labute approximate surface area is 190 Å². The molecule has 4 heteroatoms. The molecule has 0 saturated heterocycles. The highest BCUT2D eigenvalue weighted by Crippen LogP contribution is 2.22. The Bertz CT molecular complexity index is 1180. The fraction of sp³-hybridized carbons (Fsp3) is 0.321. The lowest BCUT2D eigenvalue weighted by Crippen LogP contribution is -2.10. The second-order valence-corrected chi connectivity index (χ2v) is 8.65. The molecule has 1 aromatic heterocycles. The number of para-hydroxylation sites is 2. The minimum Gasteiger partial charge on any atom is -0.493 e. The Balaban J connectivity index is 1.42. The summed E-state index contributed by atoms with van der Waals surface area (Å²) >= 11 is 0. The molecule has 0 unspecified atom stereocenters. The van der Waals surface area contributed by atoms with E-state index in [-0.39, 0.29) is 0 Å². The van der Waals surface area contributed by atoms with Crippen LogP contribution in [0.25, 0.3) is 11.0 Å². The largest absolute Gasteiger partial charge is 0.493 e. The summed E-state index contributed by atoms with van der Waals surface area (Å²) in [7, 11) is 0. The van der Waals surface area contributed by atoms with E-state index in [1.165, 1.54) is 16.7 Å². The minimum absolute atomic E-state index is 0.438. The molecule has 4 nitrogen and oxygen atoms in total. The van der Waals surface area contributed by atoms with E-state index in [9.17, 15) is 0 Å². The van der Waals surface area contributed by atoms with Crippen molar-refractivity contribution >= 4 is 11.0 Å². The lowest BCUT2D eigenvalue weighted by Gasteiger charge is -2.13. The fourth-order valence-electron chi connectivity index (χ4n) is 3.95. The number of ether oxygens (including phenoxy) is 2. The fourth-order valence-corrected chi connectivity index (χ4v) is 3.95. The zero-order valence-corrected chi connectivity index (χ0v) is 19.5. The van der Waals surface area contributed by atoms with Gasteiger partial charge in [0.25, 0.3) is 0 Å². The second-order valence-electron chi connectivity index (χ2n) is 8.65. The Morgan fingerprint density at radius 1 is 0.906 bits per heavy atom. The molecule has 0 N–H and O–H groups in total. The number of hydrogen-bond acceptors (Lipinski definition) is 3. The van der Waals surface area contributed by atoms with Gasteiger partial charge in [0.1, 0.15) is 23.9 Å². The Morgan fingerprint density at radius 3 is 2.44 bits per heavy atom. The molecule has 0 aliphatic carbocycles. The van der Waals surface area contributed by atoms with Gasteiger partial charge >= 0.3 is 0 Å². The molecule has 0 radical (unpaired) electrons. The molecule has 4 rings (SSSR count). The minimum atomic E-state index is 0.438. The van der Waals surface area contributed by atoms with Crippen LogP contribution in [-0.4, -0.2) is 16.2 Å². The molecule has 0 aliphatic rings. The van der Waals surface area contributed by atoms with Crippen LogP contribution in [0.15, 0.2) is 66.7 Å². The molecule has 3 aromatic carbocycles. The van der Waals surface area contributed by atoms with Gasteiger partial charge in [0.15, 0.2) is 0 Å². The van der Waals surface area contributed by atoms with E-state index in [4.69, 9.17) is 14.5 Å². The Kier molecular flexibility index (Phi) is 6.79. The molecule has 32 heavy (non-hydrogen) atoms. The number of benzene rings is 3. The first-order valence-electron chi connectivity index (χ1n) is 11.4. The van der Waals surface area contributed by atoms with Crippen LogP contribution in [0.1, 0.15) is 48.7 Å². The number of rotatable bonds is 9. The second kappa shape index (κ2) is 9.90. The van der Waals surface area contributed by atoms with Gasteiger partial charge in [-0.05, 0) is 67.6 Å². The molecule has 166 valence electrons. The Morgan fingerprint density at radius 2 is 1.69 bits per heavy atom. The van der Waals surface area contributed by atoms with E-state index in [0.29, 0.717) is 19.1 Å². The standard InChI is InChI=1S/C28H32N2O2/c1-20(2)23-11-13-24(14-12-23)32-19-28-29-25-8-5-6-9-26(25)30(28)16-7-17-31-27-15-10-21(3)18-22(27)4/h5-6,8-15,18,20H,7,16-17,19H2,1-4H3. The van der Waals surface area contributed by atoms with Crippen molar-refractivity contribution < 1.29 is 9.47 Å². The maximum atomic E-state index is 6.08. The van der Waals surface area contributed by atoms with E-state index < -0.39 is 0 Å². The molecule has 4 aromatic rings. The average Bonchev–Trinajstić information content (AvgIpc) is 3.14. The van der Waals surface area contributed by atoms with Crippen LogP contribution >= 0.6 is 0 Å². The van der Waals surface area contributed by atoms with E-state index >= 15 is 0 Å². The number of hydrogen-bond donors (Lipinski definition) is 0. The van der Waals surface area contributed by atoms with Gasteiger partial charge in [-0.1, -0.05) is 55.8 Å². The van der Waals surface area contributed by atoms with Crippen molar-refractivity contribution in [2.24, 2.45) is 0 Å². The van der Waals surface area contributed by atoms with Crippen molar-refractivity contribution in [3.8, 4) is 11.5 Å². The van der Waals surface area contributed by atoms with Gasteiger partial charge < -0.3 is 14.0 Å². The average molecular weight is 429 g/mol. The van der Waals surface area contributed by atoms with Crippen LogP contribution in [0.2, 0.25) is 0 Å². The third-order valence-electron chi connectivity index (χ3n) is 5.76. The predicted molar refractivity (Wildman–Crippen MR) is 131 cm³/mol. The maximum Gasteiger partial charge on any atom is 0.147 e. The third-order valence-corrected chi connectivity index (χ3v) is 5.76. The van der Waals surface area contributed by atoms with Gasteiger partial charge in [0.05, 0.1) is 17.6 Å².